The van der Waals surface area contributed by atoms with Crippen LogP contribution in [0.4, 0.5) is 4.79 Å². The summed E-state index contributed by atoms with van der Waals surface area (Å²) in [4.78, 5) is 38.1. The van der Waals surface area contributed by atoms with E-state index in [4.69, 9.17) is 9.84 Å². The van der Waals surface area contributed by atoms with E-state index < -0.39 is 17.5 Å². The molecule has 0 bridgehead atoms. The SMILES string of the molecule is CC(C)(CNC(=O)OCC1c2ccccc2-c2ccccc21)CC(=O)N1CCC[C@H]1CC(=O)O. The quantitative estimate of drug-likeness (QED) is 0.603. The third kappa shape index (κ3) is 5.24. The normalized spacial score (nSPS) is 17.2. The summed E-state index contributed by atoms with van der Waals surface area (Å²) in [6, 6.07) is 16.1. The molecule has 0 spiro atoms. The average Bonchev–Trinajstić information content (AvgIpc) is 3.38. The molecule has 180 valence electrons. The van der Waals surface area contributed by atoms with E-state index in [1.165, 1.54) is 11.1 Å². The maximum absolute atomic E-state index is 12.8. The Hall–Kier alpha value is -3.35. The number of aliphatic carboxylic acids is 1. The number of rotatable bonds is 8. The van der Waals surface area contributed by atoms with Crippen molar-refractivity contribution in [1.82, 2.24) is 10.2 Å². The molecule has 7 heteroatoms. The average molecular weight is 465 g/mol. The highest BCUT2D eigenvalue weighted by atomic mass is 16.5. The largest absolute Gasteiger partial charge is 0.481 e. The number of carbonyl (C=O) groups is 3. The number of likely N-dealkylation sites (tertiary alicyclic amines) is 1. The fourth-order valence-electron chi connectivity index (χ4n) is 5.11. The number of hydrogen-bond donors (Lipinski definition) is 2. The summed E-state index contributed by atoms with van der Waals surface area (Å²) in [5, 5.41) is 11.9. The van der Waals surface area contributed by atoms with Crippen molar-refractivity contribution >= 4 is 18.0 Å². The zero-order valence-electron chi connectivity index (χ0n) is 19.8. The van der Waals surface area contributed by atoms with Crippen molar-refractivity contribution in [1.29, 1.82) is 0 Å². The molecule has 1 aliphatic carbocycles. The zero-order chi connectivity index (χ0) is 24.3. The molecular weight excluding hydrogens is 432 g/mol. The summed E-state index contributed by atoms with van der Waals surface area (Å²) in [6.45, 7) is 4.94. The Balaban J connectivity index is 1.29. The maximum Gasteiger partial charge on any atom is 0.407 e. The molecule has 1 atom stereocenters. The molecule has 1 saturated heterocycles. The number of ether oxygens (including phenoxy) is 1. The summed E-state index contributed by atoms with van der Waals surface area (Å²) >= 11 is 0. The van der Waals surface area contributed by atoms with Gasteiger partial charge in [0.25, 0.3) is 0 Å². The highest BCUT2D eigenvalue weighted by Crippen LogP contribution is 2.44. The van der Waals surface area contributed by atoms with Gasteiger partial charge in [-0.2, -0.15) is 0 Å². The summed E-state index contributed by atoms with van der Waals surface area (Å²) in [5.41, 5.74) is 4.18. The minimum atomic E-state index is -0.888. The van der Waals surface area contributed by atoms with Crippen LogP contribution in [0.5, 0.6) is 0 Å². The van der Waals surface area contributed by atoms with Crippen LogP contribution in [-0.4, -0.2) is 53.7 Å². The summed E-state index contributed by atoms with van der Waals surface area (Å²) in [7, 11) is 0. The molecule has 2 N–H and O–H groups in total. The molecule has 2 aromatic carbocycles. The maximum atomic E-state index is 12.8. The molecule has 2 amide bonds. The van der Waals surface area contributed by atoms with Crippen molar-refractivity contribution in [3.8, 4) is 11.1 Å². The molecule has 0 radical (unpaired) electrons. The number of fused-ring (bicyclic) bond motifs is 3. The molecule has 1 heterocycles. The molecule has 2 aromatic rings. The van der Waals surface area contributed by atoms with E-state index in [1.54, 1.807) is 4.90 Å². The Morgan fingerprint density at radius 1 is 1.06 bits per heavy atom. The van der Waals surface area contributed by atoms with Crippen molar-refractivity contribution in [3.05, 3.63) is 59.7 Å². The van der Waals surface area contributed by atoms with Crippen molar-refractivity contribution in [2.45, 2.75) is 51.5 Å². The zero-order valence-corrected chi connectivity index (χ0v) is 19.8. The lowest BCUT2D eigenvalue weighted by Gasteiger charge is -2.30. The van der Waals surface area contributed by atoms with Crippen LogP contribution in [0.2, 0.25) is 0 Å². The minimum Gasteiger partial charge on any atom is -0.481 e. The second-order valence-corrected chi connectivity index (χ2v) is 10.0. The Labute approximate surface area is 200 Å². The standard InChI is InChI=1S/C27H32N2O5/c1-27(2,15-24(30)29-13-7-8-18(29)14-25(31)32)17-28-26(33)34-16-23-21-11-5-3-9-19(21)20-10-4-6-12-22(20)23/h3-6,9-12,18,23H,7-8,13-17H2,1-2H3,(H,28,33)(H,31,32)/t18-/m0/s1. The first-order valence-corrected chi connectivity index (χ1v) is 11.9. The monoisotopic (exact) mass is 464 g/mol. The van der Waals surface area contributed by atoms with Crippen molar-refractivity contribution in [2.75, 3.05) is 19.7 Å². The number of carbonyl (C=O) groups excluding carboxylic acids is 2. The molecule has 4 rings (SSSR count). The van der Waals surface area contributed by atoms with Gasteiger partial charge in [-0.15, -0.1) is 0 Å². The van der Waals surface area contributed by atoms with Crippen LogP contribution < -0.4 is 5.32 Å². The first-order valence-electron chi connectivity index (χ1n) is 11.9. The Bertz CT molecular complexity index is 1030. The van der Waals surface area contributed by atoms with Gasteiger partial charge in [0.05, 0.1) is 6.42 Å². The number of amides is 2. The van der Waals surface area contributed by atoms with E-state index in [2.05, 4.69) is 29.6 Å². The van der Waals surface area contributed by atoms with Crippen LogP contribution in [-0.2, 0) is 14.3 Å². The first kappa shape index (κ1) is 23.8. The topological polar surface area (TPSA) is 95.9 Å². The summed E-state index contributed by atoms with van der Waals surface area (Å²) < 4.78 is 5.59. The van der Waals surface area contributed by atoms with Crippen LogP contribution >= 0.6 is 0 Å². The molecular formula is C27H32N2O5. The molecule has 0 saturated carbocycles. The van der Waals surface area contributed by atoms with Crippen LogP contribution in [0.15, 0.2) is 48.5 Å². The number of carboxylic acid groups (broad SMARTS) is 1. The van der Waals surface area contributed by atoms with E-state index in [1.807, 2.05) is 38.1 Å². The number of alkyl carbamates (subject to hydrolysis) is 1. The summed E-state index contributed by atoms with van der Waals surface area (Å²) in [5.74, 6) is -0.960. The molecule has 0 unspecified atom stereocenters. The number of benzene rings is 2. The van der Waals surface area contributed by atoms with E-state index in [-0.39, 0.29) is 43.9 Å². The van der Waals surface area contributed by atoms with Crippen LogP contribution in [0.1, 0.15) is 56.6 Å². The van der Waals surface area contributed by atoms with E-state index in [9.17, 15) is 14.4 Å². The van der Waals surface area contributed by atoms with Gasteiger partial charge in [-0.3, -0.25) is 9.59 Å². The van der Waals surface area contributed by atoms with Crippen molar-refractivity contribution in [3.63, 3.8) is 0 Å². The van der Waals surface area contributed by atoms with E-state index >= 15 is 0 Å². The van der Waals surface area contributed by atoms with E-state index in [0.717, 1.165) is 24.0 Å². The van der Waals surface area contributed by atoms with Gasteiger partial charge in [0.15, 0.2) is 0 Å². The lowest BCUT2D eigenvalue weighted by atomic mass is 9.88. The highest BCUT2D eigenvalue weighted by Gasteiger charge is 2.34. The molecule has 1 aliphatic heterocycles. The van der Waals surface area contributed by atoms with Gasteiger partial charge >= 0.3 is 12.1 Å². The van der Waals surface area contributed by atoms with Crippen molar-refractivity contribution < 1.29 is 24.2 Å². The van der Waals surface area contributed by atoms with Crippen LogP contribution in [0, 0.1) is 5.41 Å². The Morgan fingerprint density at radius 2 is 1.68 bits per heavy atom. The first-order chi connectivity index (χ1) is 16.2. The fourth-order valence-corrected chi connectivity index (χ4v) is 5.11. The minimum absolute atomic E-state index is 0.00549. The molecule has 34 heavy (non-hydrogen) atoms. The summed E-state index contributed by atoms with van der Waals surface area (Å²) in [6.07, 6.45) is 1.24. The van der Waals surface area contributed by atoms with Crippen LogP contribution in [0.3, 0.4) is 0 Å². The molecule has 2 aliphatic rings. The lowest BCUT2D eigenvalue weighted by Crippen LogP contribution is -2.42. The molecule has 7 nitrogen and oxygen atoms in total. The number of carboxylic acids is 1. The van der Waals surface area contributed by atoms with Gasteiger partial charge in [0.2, 0.25) is 5.91 Å². The lowest BCUT2D eigenvalue weighted by molar-refractivity contribution is -0.140. The number of nitrogens with zero attached hydrogens (tertiary/aromatic N) is 1. The number of nitrogens with one attached hydrogen (secondary N) is 1. The van der Waals surface area contributed by atoms with Gasteiger partial charge in [0, 0.05) is 31.5 Å². The van der Waals surface area contributed by atoms with Gasteiger partial charge in [-0.25, -0.2) is 4.79 Å². The Morgan fingerprint density at radius 3 is 2.29 bits per heavy atom. The predicted molar refractivity (Wildman–Crippen MR) is 128 cm³/mol. The predicted octanol–water partition coefficient (Wildman–Crippen LogP) is 4.41. The van der Waals surface area contributed by atoms with Crippen LogP contribution in [0.25, 0.3) is 11.1 Å². The van der Waals surface area contributed by atoms with E-state index in [0.29, 0.717) is 6.54 Å². The fraction of sp³-hybridized carbons (Fsp3) is 0.444. The smallest absolute Gasteiger partial charge is 0.407 e. The van der Waals surface area contributed by atoms with Gasteiger partial charge in [0.1, 0.15) is 6.61 Å². The van der Waals surface area contributed by atoms with Crippen molar-refractivity contribution in [2.24, 2.45) is 5.41 Å². The van der Waals surface area contributed by atoms with Gasteiger partial charge < -0.3 is 20.1 Å². The molecule has 1 fully saturated rings. The third-order valence-corrected chi connectivity index (χ3v) is 6.79. The Kier molecular flexibility index (Phi) is 6.91. The third-order valence-electron chi connectivity index (χ3n) is 6.79. The second kappa shape index (κ2) is 9.87. The number of hydrogen-bond acceptors (Lipinski definition) is 4. The molecule has 0 aromatic heterocycles. The highest BCUT2D eigenvalue weighted by molar-refractivity contribution is 5.80. The second-order valence-electron chi connectivity index (χ2n) is 10.0. The van der Waals surface area contributed by atoms with Gasteiger partial charge in [-0.1, -0.05) is 62.4 Å². The van der Waals surface area contributed by atoms with Gasteiger partial charge in [-0.05, 0) is 40.5 Å².